The van der Waals surface area contributed by atoms with E-state index in [1.807, 2.05) is 0 Å². The van der Waals surface area contributed by atoms with Crippen LogP contribution in [0.1, 0.15) is 305 Å². The monoisotopic (exact) mass is 1200 g/mol. The standard InChI is InChI=1S/C62H120O17P2/c1-7-9-11-13-14-15-16-17-18-19-20-28-34-40-46-61(66)79-58(51-73-60(65)45-39-33-27-23-21-25-31-36-42-54(3)4)53-77-81(70,71)75-49-56(63)48-74-80(68,69)76-52-57(50-72-59(64)44-38-30-12-10-8-2)78-62(67)47-41-35-29-24-22-26-32-37-43-55(5)6/h54-58,63H,7-53H2,1-6H3,(H,68,69)(H,70,71)/t56-,57+,58+/m0/s1. The van der Waals surface area contributed by atoms with Gasteiger partial charge in [-0.3, -0.25) is 37.3 Å². The number of phosphoric ester groups is 2. The Morgan fingerprint density at radius 3 is 0.840 bits per heavy atom. The summed E-state index contributed by atoms with van der Waals surface area (Å²) in [6, 6.07) is 0. The number of ether oxygens (including phenoxy) is 4. The number of unbranched alkanes of at least 4 members (excludes halogenated alkanes) is 31. The lowest BCUT2D eigenvalue weighted by Gasteiger charge is -2.21. The molecule has 0 rings (SSSR count). The van der Waals surface area contributed by atoms with Crippen LogP contribution in [0.4, 0.5) is 0 Å². The van der Waals surface area contributed by atoms with Crippen LogP contribution in [0.2, 0.25) is 0 Å². The average Bonchev–Trinajstić information content (AvgIpc) is 3.42. The SMILES string of the molecule is CCCCCCCCCCCCCCCCC(=O)O[C@H](COC(=O)CCCCCCCCCCC(C)C)COP(=O)(O)OC[C@@H](O)COP(=O)(O)OC[C@@H](COC(=O)CCCCCCC)OC(=O)CCCCCCCCCCC(C)C. The van der Waals surface area contributed by atoms with Crippen molar-refractivity contribution in [2.75, 3.05) is 39.6 Å². The van der Waals surface area contributed by atoms with Crippen LogP contribution >= 0.6 is 15.6 Å². The molecule has 0 bridgehead atoms. The van der Waals surface area contributed by atoms with Crippen molar-refractivity contribution in [2.24, 2.45) is 11.8 Å². The third-order valence-corrected chi connectivity index (χ3v) is 16.1. The second-order valence-corrected chi connectivity index (χ2v) is 26.3. The summed E-state index contributed by atoms with van der Waals surface area (Å²) in [5.41, 5.74) is 0. The van der Waals surface area contributed by atoms with Crippen molar-refractivity contribution < 1.29 is 80.2 Å². The molecule has 0 radical (unpaired) electrons. The number of phosphoric acid groups is 2. The predicted octanol–water partition coefficient (Wildman–Crippen LogP) is 16.9. The van der Waals surface area contributed by atoms with Gasteiger partial charge < -0.3 is 33.8 Å². The summed E-state index contributed by atoms with van der Waals surface area (Å²) in [5.74, 6) is -0.703. The van der Waals surface area contributed by atoms with E-state index in [-0.39, 0.29) is 25.7 Å². The van der Waals surface area contributed by atoms with Crippen LogP contribution in [0, 0.1) is 11.8 Å². The summed E-state index contributed by atoms with van der Waals surface area (Å²) >= 11 is 0. The van der Waals surface area contributed by atoms with Crippen LogP contribution in [0.25, 0.3) is 0 Å². The van der Waals surface area contributed by atoms with Crippen molar-refractivity contribution in [1.82, 2.24) is 0 Å². The molecule has 0 heterocycles. The van der Waals surface area contributed by atoms with Gasteiger partial charge in [0.25, 0.3) is 0 Å². The minimum absolute atomic E-state index is 0.103. The molecule has 0 saturated heterocycles. The van der Waals surface area contributed by atoms with Gasteiger partial charge in [0.2, 0.25) is 0 Å². The summed E-state index contributed by atoms with van der Waals surface area (Å²) in [6.07, 6.45) is 36.6. The summed E-state index contributed by atoms with van der Waals surface area (Å²) in [5, 5.41) is 10.5. The number of esters is 4. The molecule has 0 amide bonds. The zero-order chi connectivity index (χ0) is 60.1. The predicted molar refractivity (Wildman–Crippen MR) is 321 cm³/mol. The highest BCUT2D eigenvalue weighted by Crippen LogP contribution is 2.45. The van der Waals surface area contributed by atoms with Crippen LogP contribution in [0.3, 0.4) is 0 Å². The molecule has 0 aromatic carbocycles. The van der Waals surface area contributed by atoms with E-state index in [1.165, 1.54) is 116 Å². The highest BCUT2D eigenvalue weighted by Gasteiger charge is 2.30. The summed E-state index contributed by atoms with van der Waals surface area (Å²) in [6.45, 7) is 9.32. The topological polar surface area (TPSA) is 237 Å². The fourth-order valence-corrected chi connectivity index (χ4v) is 10.8. The van der Waals surface area contributed by atoms with Crippen molar-refractivity contribution in [1.29, 1.82) is 0 Å². The number of aliphatic hydroxyl groups excluding tert-OH is 1. The highest BCUT2D eigenvalue weighted by atomic mass is 31.2. The quantitative estimate of drug-likeness (QED) is 0.0222. The Labute approximate surface area is 492 Å². The van der Waals surface area contributed by atoms with E-state index in [2.05, 4.69) is 41.5 Å². The van der Waals surface area contributed by atoms with E-state index in [1.54, 1.807) is 0 Å². The van der Waals surface area contributed by atoms with E-state index in [9.17, 15) is 43.2 Å². The highest BCUT2D eigenvalue weighted by molar-refractivity contribution is 7.47. The molecular formula is C62H120O17P2. The van der Waals surface area contributed by atoms with E-state index < -0.39 is 97.5 Å². The molecule has 0 spiro atoms. The molecule has 81 heavy (non-hydrogen) atoms. The molecule has 0 aliphatic heterocycles. The molecule has 2 unspecified atom stereocenters. The Balaban J connectivity index is 5.18. The van der Waals surface area contributed by atoms with Gasteiger partial charge in [0.1, 0.15) is 19.3 Å². The molecule has 3 N–H and O–H groups in total. The van der Waals surface area contributed by atoms with Crippen molar-refractivity contribution in [3.8, 4) is 0 Å². The van der Waals surface area contributed by atoms with Crippen LogP contribution in [-0.2, 0) is 65.4 Å². The summed E-state index contributed by atoms with van der Waals surface area (Å²) < 4.78 is 67.7. The molecule has 0 aliphatic rings. The Morgan fingerprint density at radius 1 is 0.333 bits per heavy atom. The molecule has 19 heteroatoms. The lowest BCUT2D eigenvalue weighted by Crippen LogP contribution is -2.30. The fraction of sp³-hybridized carbons (Fsp3) is 0.935. The van der Waals surface area contributed by atoms with Crippen molar-refractivity contribution in [3.05, 3.63) is 0 Å². The van der Waals surface area contributed by atoms with Gasteiger partial charge in [-0.15, -0.1) is 0 Å². The number of carbonyl (C=O) groups excluding carboxylic acids is 4. The molecule has 0 aliphatic carbocycles. The molecule has 480 valence electrons. The van der Waals surface area contributed by atoms with Gasteiger partial charge in [0.15, 0.2) is 12.2 Å². The maximum Gasteiger partial charge on any atom is 0.472 e. The van der Waals surface area contributed by atoms with E-state index in [0.717, 1.165) is 108 Å². The second kappa shape index (κ2) is 54.7. The largest absolute Gasteiger partial charge is 0.472 e. The van der Waals surface area contributed by atoms with Gasteiger partial charge in [-0.05, 0) is 37.5 Å². The lowest BCUT2D eigenvalue weighted by molar-refractivity contribution is -0.161. The zero-order valence-corrected chi connectivity index (χ0v) is 53.9. The van der Waals surface area contributed by atoms with Crippen LogP contribution in [0.5, 0.6) is 0 Å². The normalized spacial score (nSPS) is 14.4. The average molecular weight is 1200 g/mol. The van der Waals surface area contributed by atoms with Gasteiger partial charge in [-0.1, -0.05) is 253 Å². The van der Waals surface area contributed by atoms with Crippen LogP contribution in [0.15, 0.2) is 0 Å². The van der Waals surface area contributed by atoms with E-state index >= 15 is 0 Å². The maximum atomic E-state index is 12.9. The van der Waals surface area contributed by atoms with Crippen molar-refractivity contribution in [2.45, 2.75) is 323 Å². The number of carbonyl (C=O) groups is 4. The third kappa shape index (κ3) is 56.9. The zero-order valence-electron chi connectivity index (χ0n) is 52.1. The van der Waals surface area contributed by atoms with Crippen molar-refractivity contribution in [3.63, 3.8) is 0 Å². The number of hydrogen-bond acceptors (Lipinski definition) is 15. The second-order valence-electron chi connectivity index (χ2n) is 23.4. The van der Waals surface area contributed by atoms with Crippen LogP contribution < -0.4 is 0 Å². The fourth-order valence-electron chi connectivity index (χ4n) is 9.18. The first-order valence-corrected chi connectivity index (χ1v) is 35.5. The molecule has 5 atom stereocenters. The number of aliphatic hydroxyl groups is 1. The first-order valence-electron chi connectivity index (χ1n) is 32.5. The number of hydrogen-bond donors (Lipinski definition) is 3. The van der Waals surface area contributed by atoms with Gasteiger partial charge in [-0.2, -0.15) is 0 Å². The molecule has 0 aromatic rings. The maximum absolute atomic E-state index is 12.9. The minimum Gasteiger partial charge on any atom is -0.462 e. The molecule has 0 aromatic heterocycles. The first-order chi connectivity index (χ1) is 38.9. The Bertz CT molecular complexity index is 1600. The van der Waals surface area contributed by atoms with E-state index in [0.29, 0.717) is 25.7 Å². The van der Waals surface area contributed by atoms with Gasteiger partial charge >= 0.3 is 39.5 Å². The third-order valence-electron chi connectivity index (χ3n) is 14.2. The molecule has 0 fully saturated rings. The molecular weight excluding hydrogens is 1080 g/mol. The summed E-state index contributed by atoms with van der Waals surface area (Å²) in [7, 11) is -9.88. The molecule has 0 saturated carbocycles. The van der Waals surface area contributed by atoms with Gasteiger partial charge in [-0.25, -0.2) is 9.13 Å². The smallest absolute Gasteiger partial charge is 0.462 e. The van der Waals surface area contributed by atoms with Crippen molar-refractivity contribution >= 4 is 39.5 Å². The Hall–Kier alpha value is -1.94. The number of rotatable bonds is 61. The first kappa shape index (κ1) is 79.1. The Kier molecular flexibility index (Phi) is 53.4. The lowest BCUT2D eigenvalue weighted by atomic mass is 10.0. The van der Waals surface area contributed by atoms with Gasteiger partial charge in [0, 0.05) is 25.7 Å². The van der Waals surface area contributed by atoms with Gasteiger partial charge in [0.05, 0.1) is 26.4 Å². The van der Waals surface area contributed by atoms with E-state index in [4.69, 9.17) is 37.0 Å². The Morgan fingerprint density at radius 2 is 0.568 bits per heavy atom. The minimum atomic E-state index is -4.94. The molecule has 17 nitrogen and oxygen atoms in total. The van der Waals surface area contributed by atoms with Crippen LogP contribution in [-0.4, -0.2) is 96.7 Å². The summed E-state index contributed by atoms with van der Waals surface area (Å²) in [4.78, 5) is 71.9.